The van der Waals surface area contributed by atoms with Gasteiger partial charge < -0.3 is 9.47 Å². The van der Waals surface area contributed by atoms with Crippen molar-refractivity contribution in [3.05, 3.63) is 58.6 Å². The summed E-state index contributed by atoms with van der Waals surface area (Å²) in [5.41, 5.74) is 3.19. The second-order valence-electron chi connectivity index (χ2n) is 4.51. The van der Waals surface area contributed by atoms with E-state index in [1.807, 2.05) is 43.3 Å². The van der Waals surface area contributed by atoms with E-state index in [9.17, 15) is 4.79 Å². The smallest absolute Gasteiger partial charge is 0.277 e. The van der Waals surface area contributed by atoms with Gasteiger partial charge in [-0.25, -0.2) is 5.43 Å². The van der Waals surface area contributed by atoms with Crippen LogP contribution in [-0.2, 0) is 4.79 Å². The van der Waals surface area contributed by atoms with Gasteiger partial charge >= 0.3 is 0 Å². The first-order chi connectivity index (χ1) is 11.2. The number of para-hydroxylation sites is 1. The average Bonchev–Trinajstić information content (AvgIpc) is 2.56. The molecule has 0 radical (unpaired) electrons. The molecule has 0 heterocycles. The Balaban J connectivity index is 1.88. The Kier molecular flexibility index (Phi) is 6.62. The lowest BCUT2D eigenvalue weighted by Gasteiger charge is -2.07. The summed E-state index contributed by atoms with van der Waals surface area (Å²) in [4.78, 5) is 11.7. The number of hydrogen-bond acceptors (Lipinski definition) is 4. The molecular formula is C17H17BrN2O3. The second kappa shape index (κ2) is 8.95. The van der Waals surface area contributed by atoms with Gasteiger partial charge in [0.05, 0.1) is 12.8 Å². The summed E-state index contributed by atoms with van der Waals surface area (Å²) in [6.07, 6.45) is 1.54. The first-order valence-corrected chi connectivity index (χ1v) is 7.90. The van der Waals surface area contributed by atoms with E-state index in [0.717, 1.165) is 10.0 Å². The van der Waals surface area contributed by atoms with Crippen LogP contribution in [0.2, 0.25) is 0 Å². The van der Waals surface area contributed by atoms with Crippen molar-refractivity contribution < 1.29 is 14.3 Å². The SMILES string of the molecule is CCOc1ccc(Br)cc1/C=N/NC(=O)COc1ccccc1. The molecule has 0 fully saturated rings. The van der Waals surface area contributed by atoms with Crippen LogP contribution >= 0.6 is 15.9 Å². The summed E-state index contributed by atoms with van der Waals surface area (Å²) in [5.74, 6) is 1.00. The lowest BCUT2D eigenvalue weighted by molar-refractivity contribution is -0.123. The van der Waals surface area contributed by atoms with Crippen molar-refractivity contribution in [3.8, 4) is 11.5 Å². The summed E-state index contributed by atoms with van der Waals surface area (Å²) >= 11 is 3.39. The molecule has 120 valence electrons. The Bertz CT molecular complexity index is 675. The second-order valence-corrected chi connectivity index (χ2v) is 5.43. The van der Waals surface area contributed by atoms with Crippen molar-refractivity contribution in [1.29, 1.82) is 0 Å². The van der Waals surface area contributed by atoms with E-state index in [1.165, 1.54) is 6.21 Å². The molecule has 0 aromatic heterocycles. The number of hydrogen-bond donors (Lipinski definition) is 1. The molecular weight excluding hydrogens is 360 g/mol. The van der Waals surface area contributed by atoms with Gasteiger partial charge in [0.25, 0.3) is 5.91 Å². The molecule has 1 amide bonds. The van der Waals surface area contributed by atoms with Gasteiger partial charge in [0, 0.05) is 10.0 Å². The van der Waals surface area contributed by atoms with E-state index in [0.29, 0.717) is 18.1 Å². The van der Waals surface area contributed by atoms with Crippen molar-refractivity contribution in [2.75, 3.05) is 13.2 Å². The van der Waals surface area contributed by atoms with Crippen LogP contribution in [-0.4, -0.2) is 25.3 Å². The van der Waals surface area contributed by atoms with E-state index >= 15 is 0 Å². The van der Waals surface area contributed by atoms with E-state index in [1.54, 1.807) is 12.1 Å². The van der Waals surface area contributed by atoms with Gasteiger partial charge in [-0.3, -0.25) is 4.79 Å². The number of amides is 1. The molecule has 0 aliphatic rings. The maximum Gasteiger partial charge on any atom is 0.277 e. The first kappa shape index (κ1) is 17.0. The number of ether oxygens (including phenoxy) is 2. The molecule has 5 nitrogen and oxygen atoms in total. The highest BCUT2D eigenvalue weighted by Gasteiger charge is 2.03. The minimum Gasteiger partial charge on any atom is -0.493 e. The molecule has 2 aromatic carbocycles. The largest absolute Gasteiger partial charge is 0.493 e. The maximum absolute atomic E-state index is 11.7. The highest BCUT2D eigenvalue weighted by Crippen LogP contribution is 2.21. The van der Waals surface area contributed by atoms with Crippen LogP contribution in [0.1, 0.15) is 12.5 Å². The van der Waals surface area contributed by atoms with Crippen molar-refractivity contribution in [2.45, 2.75) is 6.92 Å². The first-order valence-electron chi connectivity index (χ1n) is 7.11. The Labute approximate surface area is 143 Å². The number of rotatable bonds is 7. The predicted molar refractivity (Wildman–Crippen MR) is 93.0 cm³/mol. The van der Waals surface area contributed by atoms with Crippen LogP contribution in [0.4, 0.5) is 0 Å². The number of hydrazone groups is 1. The van der Waals surface area contributed by atoms with Crippen molar-refractivity contribution in [3.63, 3.8) is 0 Å². The number of nitrogens with one attached hydrogen (secondary N) is 1. The topological polar surface area (TPSA) is 59.9 Å². The van der Waals surface area contributed by atoms with Gasteiger partial charge in [-0.1, -0.05) is 34.1 Å². The van der Waals surface area contributed by atoms with E-state index in [4.69, 9.17) is 9.47 Å². The molecule has 2 rings (SSSR count). The van der Waals surface area contributed by atoms with Crippen LogP contribution < -0.4 is 14.9 Å². The minimum atomic E-state index is -0.335. The quantitative estimate of drug-likeness (QED) is 0.595. The lowest BCUT2D eigenvalue weighted by Crippen LogP contribution is -2.24. The van der Waals surface area contributed by atoms with Gasteiger partial charge in [0.1, 0.15) is 11.5 Å². The molecule has 1 N–H and O–H groups in total. The summed E-state index contributed by atoms with van der Waals surface area (Å²) in [6.45, 7) is 2.36. The van der Waals surface area contributed by atoms with Crippen LogP contribution in [0.25, 0.3) is 0 Å². The fourth-order valence-corrected chi connectivity index (χ4v) is 2.16. The third-order valence-corrected chi connectivity index (χ3v) is 3.27. The van der Waals surface area contributed by atoms with Gasteiger partial charge in [-0.15, -0.1) is 0 Å². The zero-order valence-corrected chi connectivity index (χ0v) is 14.2. The average molecular weight is 377 g/mol. The lowest BCUT2D eigenvalue weighted by atomic mass is 10.2. The fraction of sp³-hybridized carbons (Fsp3) is 0.176. The predicted octanol–water partition coefficient (Wildman–Crippen LogP) is 3.38. The summed E-state index contributed by atoms with van der Waals surface area (Å²) in [7, 11) is 0. The van der Waals surface area contributed by atoms with Crippen molar-refractivity contribution >= 4 is 28.1 Å². The summed E-state index contributed by atoms with van der Waals surface area (Å²) in [5, 5.41) is 3.93. The van der Waals surface area contributed by atoms with Crippen molar-refractivity contribution in [2.24, 2.45) is 5.10 Å². The molecule has 0 saturated heterocycles. The van der Waals surface area contributed by atoms with Crippen LogP contribution in [0.15, 0.2) is 58.1 Å². The van der Waals surface area contributed by atoms with Crippen LogP contribution in [0.3, 0.4) is 0 Å². The number of nitrogens with zero attached hydrogens (tertiary/aromatic N) is 1. The molecule has 0 unspecified atom stereocenters. The molecule has 0 aliphatic carbocycles. The van der Waals surface area contributed by atoms with Gasteiger partial charge in [0.15, 0.2) is 6.61 Å². The Morgan fingerprint density at radius 3 is 2.74 bits per heavy atom. The van der Waals surface area contributed by atoms with E-state index in [2.05, 4.69) is 26.5 Å². The van der Waals surface area contributed by atoms with Gasteiger partial charge in [-0.05, 0) is 37.3 Å². The Morgan fingerprint density at radius 1 is 1.22 bits per heavy atom. The van der Waals surface area contributed by atoms with Crippen LogP contribution in [0, 0.1) is 0 Å². The fourth-order valence-electron chi connectivity index (χ4n) is 1.78. The molecule has 0 atom stereocenters. The number of benzene rings is 2. The van der Waals surface area contributed by atoms with E-state index < -0.39 is 0 Å². The number of halogens is 1. The number of carbonyl (C=O) groups excluding carboxylic acids is 1. The Morgan fingerprint density at radius 2 is 2.00 bits per heavy atom. The molecule has 6 heteroatoms. The molecule has 0 aliphatic heterocycles. The molecule has 0 saturated carbocycles. The van der Waals surface area contributed by atoms with E-state index in [-0.39, 0.29) is 12.5 Å². The minimum absolute atomic E-state index is 0.0991. The highest BCUT2D eigenvalue weighted by atomic mass is 79.9. The summed E-state index contributed by atoms with van der Waals surface area (Å²) < 4.78 is 11.7. The van der Waals surface area contributed by atoms with Gasteiger partial charge in [-0.2, -0.15) is 5.10 Å². The number of carbonyl (C=O) groups is 1. The summed E-state index contributed by atoms with van der Waals surface area (Å²) in [6, 6.07) is 14.7. The molecule has 0 bridgehead atoms. The zero-order valence-electron chi connectivity index (χ0n) is 12.7. The molecule has 23 heavy (non-hydrogen) atoms. The third kappa shape index (κ3) is 5.75. The Hall–Kier alpha value is -2.34. The highest BCUT2D eigenvalue weighted by molar-refractivity contribution is 9.10. The standard InChI is InChI=1S/C17H17BrN2O3/c1-2-22-16-9-8-14(18)10-13(16)11-19-20-17(21)12-23-15-6-4-3-5-7-15/h3-11H,2,12H2,1H3,(H,20,21)/b19-11+. The maximum atomic E-state index is 11.7. The van der Waals surface area contributed by atoms with Crippen molar-refractivity contribution in [1.82, 2.24) is 5.43 Å². The third-order valence-electron chi connectivity index (χ3n) is 2.78. The molecule has 0 spiro atoms. The zero-order chi connectivity index (χ0) is 16.5. The van der Waals surface area contributed by atoms with Crippen LogP contribution in [0.5, 0.6) is 11.5 Å². The monoisotopic (exact) mass is 376 g/mol. The molecule has 2 aromatic rings. The van der Waals surface area contributed by atoms with Gasteiger partial charge in [0.2, 0.25) is 0 Å². The normalized spacial score (nSPS) is 10.5.